The lowest BCUT2D eigenvalue weighted by Crippen LogP contribution is -2.59. The highest BCUT2D eigenvalue weighted by Gasteiger charge is 2.44. The first-order valence-electron chi connectivity index (χ1n) is 26.3. The fraction of sp³-hybridized carbons (Fsp3) is 0.923. The number of rotatable bonds is 45. The van der Waals surface area contributed by atoms with Gasteiger partial charge in [0.15, 0.2) is 12.4 Å². The molecule has 0 aromatic rings. The van der Waals surface area contributed by atoms with Crippen LogP contribution in [0.3, 0.4) is 0 Å². The SMILES string of the molecule is CCCCCCCC/C=C\CCCCCCCCCC(=O)OC(COC(=O)CCCCCCCCCCCCCCCCCCCCCC)COC1OC(CO)C(O)C(O)C1O. The molecule has 62 heavy (non-hydrogen) atoms. The average molecular weight is 883 g/mol. The first-order valence-corrected chi connectivity index (χ1v) is 26.3. The second-order valence-electron chi connectivity index (χ2n) is 18.3. The molecule has 0 aromatic heterocycles. The Morgan fingerprint density at radius 3 is 1.26 bits per heavy atom. The number of hydrogen-bond donors (Lipinski definition) is 4. The second-order valence-corrected chi connectivity index (χ2v) is 18.3. The normalized spacial score (nSPS) is 19.6. The monoisotopic (exact) mass is 883 g/mol. The Morgan fingerprint density at radius 2 is 0.855 bits per heavy atom. The summed E-state index contributed by atoms with van der Waals surface area (Å²) in [6.45, 7) is 3.46. The van der Waals surface area contributed by atoms with Crippen molar-refractivity contribution in [3.05, 3.63) is 12.2 Å². The summed E-state index contributed by atoms with van der Waals surface area (Å²) in [5.41, 5.74) is 0. The lowest BCUT2D eigenvalue weighted by atomic mass is 9.99. The van der Waals surface area contributed by atoms with Gasteiger partial charge >= 0.3 is 11.9 Å². The lowest BCUT2D eigenvalue weighted by Gasteiger charge is -2.39. The molecule has 0 amide bonds. The zero-order valence-electron chi connectivity index (χ0n) is 40.1. The zero-order chi connectivity index (χ0) is 45.1. The van der Waals surface area contributed by atoms with E-state index in [1.807, 2.05) is 0 Å². The Morgan fingerprint density at radius 1 is 0.484 bits per heavy atom. The highest BCUT2D eigenvalue weighted by molar-refractivity contribution is 5.70. The maximum absolute atomic E-state index is 12.8. The molecule has 4 N–H and O–H groups in total. The first-order chi connectivity index (χ1) is 30.3. The maximum Gasteiger partial charge on any atom is 0.306 e. The lowest BCUT2D eigenvalue weighted by molar-refractivity contribution is -0.305. The standard InChI is InChI=1S/C52H98O10/c1-3-5-7-9-11-13-15-17-19-21-22-23-25-26-28-30-32-34-36-38-40-47(54)59-43-45(44-60-52-51(58)50(57)49(56)46(42-53)62-52)61-48(55)41-39-37-35-33-31-29-27-24-20-18-16-14-12-10-8-6-4-2/h18,20,45-46,49-53,56-58H,3-17,19,21-44H2,1-2H3/b20-18-. The maximum atomic E-state index is 12.8. The van der Waals surface area contributed by atoms with Gasteiger partial charge < -0.3 is 39.4 Å². The Kier molecular flexibility index (Phi) is 40.9. The van der Waals surface area contributed by atoms with Crippen molar-refractivity contribution in [3.63, 3.8) is 0 Å². The van der Waals surface area contributed by atoms with E-state index in [0.29, 0.717) is 6.42 Å². The van der Waals surface area contributed by atoms with Crippen LogP contribution in [0.4, 0.5) is 0 Å². The van der Waals surface area contributed by atoms with Crippen molar-refractivity contribution in [2.45, 2.75) is 288 Å². The van der Waals surface area contributed by atoms with Crippen molar-refractivity contribution in [2.24, 2.45) is 0 Å². The van der Waals surface area contributed by atoms with E-state index < -0.39 is 49.4 Å². The van der Waals surface area contributed by atoms with Crippen LogP contribution in [0, 0.1) is 0 Å². The molecule has 6 unspecified atom stereocenters. The molecule has 1 saturated heterocycles. The molecule has 0 spiro atoms. The number of carbonyl (C=O) groups is 2. The third-order valence-corrected chi connectivity index (χ3v) is 12.4. The Bertz CT molecular complexity index is 1020. The predicted octanol–water partition coefficient (Wildman–Crippen LogP) is 12.3. The van der Waals surface area contributed by atoms with Gasteiger partial charge in [0.25, 0.3) is 0 Å². The molecular weight excluding hydrogens is 785 g/mol. The number of carbonyl (C=O) groups excluding carboxylic acids is 2. The van der Waals surface area contributed by atoms with Crippen molar-refractivity contribution in [2.75, 3.05) is 19.8 Å². The van der Waals surface area contributed by atoms with E-state index in [-0.39, 0.29) is 32.0 Å². The molecule has 0 bridgehead atoms. The van der Waals surface area contributed by atoms with E-state index >= 15 is 0 Å². The van der Waals surface area contributed by atoms with Crippen LogP contribution in [0.25, 0.3) is 0 Å². The summed E-state index contributed by atoms with van der Waals surface area (Å²) in [4.78, 5) is 25.5. The molecule has 1 aliphatic rings. The fourth-order valence-electron chi connectivity index (χ4n) is 8.24. The minimum Gasteiger partial charge on any atom is -0.462 e. The van der Waals surface area contributed by atoms with Crippen LogP contribution in [0.2, 0.25) is 0 Å². The summed E-state index contributed by atoms with van der Waals surface area (Å²) < 4.78 is 22.3. The van der Waals surface area contributed by atoms with Crippen molar-refractivity contribution in [1.29, 1.82) is 0 Å². The van der Waals surface area contributed by atoms with Crippen LogP contribution in [0.1, 0.15) is 251 Å². The number of esters is 2. The molecule has 1 heterocycles. The molecule has 1 rings (SSSR count). The minimum absolute atomic E-state index is 0.213. The van der Waals surface area contributed by atoms with E-state index in [9.17, 15) is 30.0 Å². The minimum atomic E-state index is -1.59. The fourth-order valence-corrected chi connectivity index (χ4v) is 8.24. The molecule has 366 valence electrons. The smallest absolute Gasteiger partial charge is 0.306 e. The molecule has 0 aromatic carbocycles. The van der Waals surface area contributed by atoms with Gasteiger partial charge in [-0.2, -0.15) is 0 Å². The van der Waals surface area contributed by atoms with E-state index in [1.54, 1.807) is 0 Å². The summed E-state index contributed by atoms with van der Waals surface area (Å²) >= 11 is 0. The zero-order valence-corrected chi connectivity index (χ0v) is 40.1. The molecule has 0 radical (unpaired) electrons. The van der Waals surface area contributed by atoms with Crippen LogP contribution in [-0.4, -0.2) is 89.0 Å². The molecule has 0 saturated carbocycles. The Labute approximate surface area is 380 Å². The van der Waals surface area contributed by atoms with E-state index in [0.717, 1.165) is 44.9 Å². The number of unbranched alkanes of at least 4 members (excludes halogenated alkanes) is 32. The van der Waals surface area contributed by atoms with Crippen molar-refractivity contribution >= 4 is 11.9 Å². The van der Waals surface area contributed by atoms with Gasteiger partial charge in [-0.05, 0) is 38.5 Å². The van der Waals surface area contributed by atoms with Crippen LogP contribution in [0.5, 0.6) is 0 Å². The van der Waals surface area contributed by atoms with Crippen LogP contribution in [-0.2, 0) is 28.5 Å². The van der Waals surface area contributed by atoms with Crippen molar-refractivity contribution < 1.29 is 49.0 Å². The quantitative estimate of drug-likeness (QED) is 0.0264. The highest BCUT2D eigenvalue weighted by Crippen LogP contribution is 2.23. The van der Waals surface area contributed by atoms with Crippen LogP contribution < -0.4 is 0 Å². The van der Waals surface area contributed by atoms with Crippen LogP contribution >= 0.6 is 0 Å². The highest BCUT2D eigenvalue weighted by atomic mass is 16.7. The Hall–Kier alpha value is -1.56. The first kappa shape index (κ1) is 58.5. The number of allylic oxidation sites excluding steroid dienone is 2. The molecule has 1 fully saturated rings. The van der Waals surface area contributed by atoms with Crippen LogP contribution in [0.15, 0.2) is 12.2 Å². The van der Waals surface area contributed by atoms with E-state index in [1.165, 1.54) is 173 Å². The van der Waals surface area contributed by atoms with Gasteiger partial charge in [-0.15, -0.1) is 0 Å². The van der Waals surface area contributed by atoms with Gasteiger partial charge in [-0.25, -0.2) is 0 Å². The molecule has 10 nitrogen and oxygen atoms in total. The summed E-state index contributed by atoms with van der Waals surface area (Å²) in [5.74, 6) is -0.796. The van der Waals surface area contributed by atoms with Gasteiger partial charge in [0, 0.05) is 12.8 Å². The van der Waals surface area contributed by atoms with E-state index in [4.69, 9.17) is 18.9 Å². The summed E-state index contributed by atoms with van der Waals surface area (Å²) in [5, 5.41) is 40.2. The number of hydrogen-bond acceptors (Lipinski definition) is 10. The third-order valence-electron chi connectivity index (χ3n) is 12.4. The Balaban J connectivity index is 2.24. The molecule has 6 atom stereocenters. The van der Waals surface area contributed by atoms with Gasteiger partial charge in [0.2, 0.25) is 0 Å². The summed E-state index contributed by atoms with van der Waals surface area (Å²) in [7, 11) is 0. The molecule has 10 heteroatoms. The summed E-state index contributed by atoms with van der Waals surface area (Å²) in [6, 6.07) is 0. The second kappa shape index (κ2) is 43.3. The van der Waals surface area contributed by atoms with Crippen molar-refractivity contribution in [3.8, 4) is 0 Å². The number of aliphatic hydroxyl groups is 4. The topological polar surface area (TPSA) is 152 Å². The van der Waals surface area contributed by atoms with Gasteiger partial charge in [0.05, 0.1) is 13.2 Å². The van der Waals surface area contributed by atoms with Gasteiger partial charge in [-0.3, -0.25) is 9.59 Å². The summed E-state index contributed by atoms with van der Waals surface area (Å²) in [6.07, 6.45) is 40.8. The number of ether oxygens (including phenoxy) is 4. The average Bonchev–Trinajstić information content (AvgIpc) is 3.27. The van der Waals surface area contributed by atoms with Crippen molar-refractivity contribution in [1.82, 2.24) is 0 Å². The van der Waals surface area contributed by atoms with Gasteiger partial charge in [0.1, 0.15) is 31.0 Å². The predicted molar refractivity (Wildman–Crippen MR) is 252 cm³/mol. The third kappa shape index (κ3) is 33.9. The van der Waals surface area contributed by atoms with E-state index in [2.05, 4.69) is 26.0 Å². The molecule has 1 aliphatic heterocycles. The van der Waals surface area contributed by atoms with Gasteiger partial charge in [-0.1, -0.05) is 212 Å². The molecular formula is C52H98O10. The number of aliphatic hydroxyl groups excluding tert-OH is 4. The largest absolute Gasteiger partial charge is 0.462 e. The molecule has 0 aliphatic carbocycles.